The molecule has 2 aliphatic rings. The highest BCUT2D eigenvalue weighted by atomic mass is 16.5. The Kier molecular flexibility index (Phi) is 4.63. The number of hydrogen-bond donors (Lipinski definition) is 3. The van der Waals surface area contributed by atoms with Crippen LogP contribution in [-0.4, -0.2) is 41.9 Å². The first-order chi connectivity index (χ1) is 9.12. The molecule has 108 valence electrons. The minimum atomic E-state index is -1.04. The number of urea groups is 1. The van der Waals surface area contributed by atoms with Gasteiger partial charge in [0.1, 0.15) is 5.54 Å². The van der Waals surface area contributed by atoms with Gasteiger partial charge in [-0.3, -0.25) is 0 Å². The normalized spacial score (nSPS) is 25.2. The van der Waals surface area contributed by atoms with Crippen molar-refractivity contribution in [3.8, 4) is 0 Å². The number of carbonyl (C=O) groups excluding carboxylic acids is 1. The van der Waals surface area contributed by atoms with E-state index in [1.54, 1.807) is 0 Å². The second-order valence-electron chi connectivity index (χ2n) is 5.40. The third kappa shape index (κ3) is 3.59. The van der Waals surface area contributed by atoms with Crippen LogP contribution in [0.15, 0.2) is 0 Å². The maximum Gasteiger partial charge on any atom is 0.329 e. The lowest BCUT2D eigenvalue weighted by Gasteiger charge is -2.38. The zero-order valence-corrected chi connectivity index (χ0v) is 11.1. The number of aliphatic carboxylic acids is 1. The Hall–Kier alpha value is -1.30. The molecule has 1 unspecified atom stereocenters. The van der Waals surface area contributed by atoms with E-state index in [4.69, 9.17) is 9.84 Å². The minimum absolute atomic E-state index is 0.228. The van der Waals surface area contributed by atoms with E-state index in [1.165, 1.54) is 6.42 Å². The number of carboxylic acids is 1. The molecular formula is C13H22N2O4. The SMILES string of the molecule is O=C(NCCC1CCCCO1)NC1(C(=O)O)CCC1. The van der Waals surface area contributed by atoms with Crippen LogP contribution < -0.4 is 10.6 Å². The van der Waals surface area contributed by atoms with Gasteiger partial charge in [0, 0.05) is 13.2 Å². The quantitative estimate of drug-likeness (QED) is 0.701. The molecule has 0 radical (unpaired) electrons. The Morgan fingerprint density at radius 2 is 2.05 bits per heavy atom. The van der Waals surface area contributed by atoms with Gasteiger partial charge in [-0.25, -0.2) is 9.59 Å². The van der Waals surface area contributed by atoms with E-state index in [-0.39, 0.29) is 6.10 Å². The molecule has 1 saturated carbocycles. The maximum atomic E-state index is 11.7. The number of carbonyl (C=O) groups is 2. The van der Waals surface area contributed by atoms with E-state index in [0.717, 1.165) is 32.3 Å². The molecule has 2 rings (SSSR count). The van der Waals surface area contributed by atoms with Crippen LogP contribution in [0.3, 0.4) is 0 Å². The van der Waals surface area contributed by atoms with Gasteiger partial charge in [-0.15, -0.1) is 0 Å². The van der Waals surface area contributed by atoms with Gasteiger partial charge in [0.15, 0.2) is 0 Å². The number of rotatable bonds is 5. The molecule has 1 aliphatic heterocycles. The third-order valence-corrected chi connectivity index (χ3v) is 4.00. The van der Waals surface area contributed by atoms with Gasteiger partial charge in [-0.1, -0.05) is 0 Å². The smallest absolute Gasteiger partial charge is 0.329 e. The van der Waals surface area contributed by atoms with Crippen LogP contribution in [0.4, 0.5) is 4.79 Å². The summed E-state index contributed by atoms with van der Waals surface area (Å²) in [6, 6.07) is -0.391. The first-order valence-electron chi connectivity index (χ1n) is 7.03. The average molecular weight is 270 g/mol. The second kappa shape index (κ2) is 6.23. The van der Waals surface area contributed by atoms with Gasteiger partial charge in [0.25, 0.3) is 0 Å². The number of amides is 2. The van der Waals surface area contributed by atoms with Gasteiger partial charge in [-0.2, -0.15) is 0 Å². The van der Waals surface area contributed by atoms with E-state index >= 15 is 0 Å². The monoisotopic (exact) mass is 270 g/mol. The van der Waals surface area contributed by atoms with Crippen LogP contribution >= 0.6 is 0 Å². The number of hydrogen-bond acceptors (Lipinski definition) is 3. The summed E-state index contributed by atoms with van der Waals surface area (Å²) in [6.45, 7) is 1.32. The van der Waals surface area contributed by atoms with Crippen molar-refractivity contribution >= 4 is 12.0 Å². The van der Waals surface area contributed by atoms with Crippen molar-refractivity contribution in [2.45, 2.75) is 56.6 Å². The molecule has 3 N–H and O–H groups in total. The Morgan fingerprint density at radius 1 is 1.26 bits per heavy atom. The molecule has 0 aromatic heterocycles. The molecule has 1 saturated heterocycles. The molecule has 1 heterocycles. The van der Waals surface area contributed by atoms with Crippen molar-refractivity contribution in [1.82, 2.24) is 10.6 Å². The molecule has 0 aromatic rings. The van der Waals surface area contributed by atoms with Gasteiger partial charge in [0.05, 0.1) is 6.10 Å². The summed E-state index contributed by atoms with van der Waals surface area (Å²) in [4.78, 5) is 22.8. The van der Waals surface area contributed by atoms with E-state index in [1.807, 2.05) is 0 Å². The summed E-state index contributed by atoms with van der Waals surface area (Å²) in [5.74, 6) is -0.940. The van der Waals surface area contributed by atoms with Crippen molar-refractivity contribution in [2.75, 3.05) is 13.2 Å². The fraction of sp³-hybridized carbons (Fsp3) is 0.846. The highest BCUT2D eigenvalue weighted by Crippen LogP contribution is 2.31. The summed E-state index contributed by atoms with van der Waals surface area (Å²) in [5, 5.41) is 14.4. The largest absolute Gasteiger partial charge is 0.480 e. The average Bonchev–Trinajstić information content (AvgIpc) is 2.34. The Labute approximate surface area is 112 Å². The summed E-state index contributed by atoms with van der Waals surface area (Å²) in [7, 11) is 0. The molecule has 19 heavy (non-hydrogen) atoms. The Morgan fingerprint density at radius 3 is 2.58 bits per heavy atom. The molecule has 0 bridgehead atoms. The minimum Gasteiger partial charge on any atom is -0.480 e. The molecule has 6 heteroatoms. The lowest BCUT2D eigenvalue weighted by molar-refractivity contribution is -0.148. The summed E-state index contributed by atoms with van der Waals surface area (Å²) in [6.07, 6.45) is 6.23. The summed E-state index contributed by atoms with van der Waals surface area (Å²) in [5.41, 5.74) is -1.04. The summed E-state index contributed by atoms with van der Waals surface area (Å²) < 4.78 is 5.57. The second-order valence-corrected chi connectivity index (χ2v) is 5.40. The highest BCUT2D eigenvalue weighted by molar-refractivity contribution is 5.87. The fourth-order valence-corrected chi connectivity index (χ4v) is 2.57. The summed E-state index contributed by atoms with van der Waals surface area (Å²) >= 11 is 0. The first-order valence-corrected chi connectivity index (χ1v) is 7.03. The van der Waals surface area contributed by atoms with E-state index < -0.39 is 17.5 Å². The van der Waals surface area contributed by atoms with Crippen molar-refractivity contribution < 1.29 is 19.4 Å². The standard InChI is InChI=1S/C13H22N2O4/c16-11(17)13(6-3-7-13)15-12(18)14-8-5-10-4-1-2-9-19-10/h10H,1-9H2,(H,16,17)(H2,14,15,18). The predicted octanol–water partition coefficient (Wildman–Crippen LogP) is 1.25. The molecular weight excluding hydrogens is 248 g/mol. The maximum absolute atomic E-state index is 11.7. The number of nitrogens with one attached hydrogen (secondary N) is 2. The van der Waals surface area contributed by atoms with Crippen LogP contribution in [0.2, 0.25) is 0 Å². The van der Waals surface area contributed by atoms with Crippen LogP contribution in [0, 0.1) is 0 Å². The van der Waals surface area contributed by atoms with Crippen LogP contribution in [0.1, 0.15) is 44.9 Å². The fourth-order valence-electron chi connectivity index (χ4n) is 2.57. The zero-order chi connectivity index (χ0) is 13.7. The van der Waals surface area contributed by atoms with Crippen molar-refractivity contribution in [3.05, 3.63) is 0 Å². The van der Waals surface area contributed by atoms with Crippen LogP contribution in [-0.2, 0) is 9.53 Å². The molecule has 6 nitrogen and oxygen atoms in total. The van der Waals surface area contributed by atoms with Crippen molar-refractivity contribution in [2.24, 2.45) is 0 Å². The molecule has 1 atom stereocenters. The molecule has 1 aliphatic carbocycles. The number of ether oxygens (including phenoxy) is 1. The van der Waals surface area contributed by atoms with E-state index in [0.29, 0.717) is 19.4 Å². The molecule has 2 amide bonds. The lowest BCUT2D eigenvalue weighted by Crippen LogP contribution is -2.61. The zero-order valence-electron chi connectivity index (χ0n) is 11.1. The van der Waals surface area contributed by atoms with Crippen molar-refractivity contribution in [3.63, 3.8) is 0 Å². The predicted molar refractivity (Wildman–Crippen MR) is 69.0 cm³/mol. The number of carboxylic acid groups (broad SMARTS) is 1. The Bertz CT molecular complexity index is 336. The lowest BCUT2D eigenvalue weighted by atomic mass is 9.77. The first kappa shape index (κ1) is 14.1. The van der Waals surface area contributed by atoms with Crippen LogP contribution in [0.5, 0.6) is 0 Å². The molecule has 0 aromatic carbocycles. The van der Waals surface area contributed by atoms with Crippen molar-refractivity contribution in [1.29, 1.82) is 0 Å². The Balaban J connectivity index is 1.65. The van der Waals surface area contributed by atoms with E-state index in [9.17, 15) is 9.59 Å². The topological polar surface area (TPSA) is 87.7 Å². The molecule has 2 fully saturated rings. The van der Waals surface area contributed by atoms with Gasteiger partial charge in [-0.05, 0) is 44.9 Å². The van der Waals surface area contributed by atoms with Gasteiger partial charge < -0.3 is 20.5 Å². The van der Waals surface area contributed by atoms with E-state index in [2.05, 4.69) is 10.6 Å². The highest BCUT2D eigenvalue weighted by Gasteiger charge is 2.45. The third-order valence-electron chi connectivity index (χ3n) is 4.00. The van der Waals surface area contributed by atoms with Crippen LogP contribution in [0.25, 0.3) is 0 Å². The van der Waals surface area contributed by atoms with Gasteiger partial charge >= 0.3 is 12.0 Å². The van der Waals surface area contributed by atoms with Gasteiger partial charge in [0.2, 0.25) is 0 Å². The molecule has 0 spiro atoms.